The summed E-state index contributed by atoms with van der Waals surface area (Å²) in [7, 11) is -0.954. The molecule has 1 N–H and O–H groups in total. The summed E-state index contributed by atoms with van der Waals surface area (Å²) >= 11 is 0. The van der Waals surface area contributed by atoms with Crippen molar-refractivity contribution in [1.29, 1.82) is 0 Å². The van der Waals surface area contributed by atoms with Crippen molar-refractivity contribution in [2.45, 2.75) is 23.8 Å². The van der Waals surface area contributed by atoms with Crippen LogP contribution >= 0.6 is 12.4 Å². The average Bonchev–Trinajstić information content (AvgIpc) is 2.54. The smallest absolute Gasteiger partial charge is 0.339 e. The van der Waals surface area contributed by atoms with Crippen LogP contribution in [0.5, 0.6) is 0 Å². The Labute approximate surface area is 141 Å². The number of benzene rings is 1. The number of methoxy groups -OCH3 is 1. The first-order chi connectivity index (χ1) is 10.4. The SMILES string of the molecule is CNC1CCN(S(=O)(=O)c2cc(F)ccc2C(=O)OC)CC1.Cl. The third-order valence-electron chi connectivity index (χ3n) is 3.83. The van der Waals surface area contributed by atoms with Crippen LogP contribution in [-0.4, -0.2) is 52.0 Å². The first kappa shape index (κ1) is 19.8. The molecule has 0 atom stereocenters. The topological polar surface area (TPSA) is 75.7 Å². The molecule has 130 valence electrons. The number of carbonyl (C=O) groups is 1. The molecule has 9 heteroatoms. The summed E-state index contributed by atoms with van der Waals surface area (Å²) in [5, 5.41) is 3.11. The van der Waals surface area contributed by atoms with E-state index in [9.17, 15) is 17.6 Å². The zero-order chi connectivity index (χ0) is 16.3. The molecule has 1 fully saturated rings. The van der Waals surface area contributed by atoms with E-state index in [0.29, 0.717) is 25.9 Å². The summed E-state index contributed by atoms with van der Waals surface area (Å²) in [4.78, 5) is 11.4. The fourth-order valence-electron chi connectivity index (χ4n) is 2.51. The molecule has 0 aliphatic carbocycles. The molecule has 0 unspecified atom stereocenters. The fourth-order valence-corrected chi connectivity index (χ4v) is 4.17. The van der Waals surface area contributed by atoms with Gasteiger partial charge < -0.3 is 10.1 Å². The van der Waals surface area contributed by atoms with Crippen LogP contribution in [-0.2, 0) is 14.8 Å². The number of hydrogen-bond acceptors (Lipinski definition) is 5. The van der Waals surface area contributed by atoms with Crippen molar-refractivity contribution in [2.24, 2.45) is 0 Å². The van der Waals surface area contributed by atoms with Crippen molar-refractivity contribution in [1.82, 2.24) is 9.62 Å². The molecule has 1 heterocycles. The van der Waals surface area contributed by atoms with E-state index >= 15 is 0 Å². The molecule has 0 aromatic heterocycles. The highest BCUT2D eigenvalue weighted by atomic mass is 35.5. The number of piperidine rings is 1. The van der Waals surface area contributed by atoms with Crippen LogP contribution in [0.1, 0.15) is 23.2 Å². The molecule has 1 aromatic rings. The van der Waals surface area contributed by atoms with Gasteiger partial charge in [-0.3, -0.25) is 0 Å². The van der Waals surface area contributed by atoms with E-state index < -0.39 is 21.8 Å². The summed E-state index contributed by atoms with van der Waals surface area (Å²) in [6.07, 6.45) is 1.33. The maximum absolute atomic E-state index is 13.5. The predicted molar refractivity (Wildman–Crippen MR) is 85.8 cm³/mol. The highest BCUT2D eigenvalue weighted by molar-refractivity contribution is 7.89. The number of carbonyl (C=O) groups excluding carboxylic acids is 1. The third-order valence-corrected chi connectivity index (χ3v) is 5.77. The maximum Gasteiger partial charge on any atom is 0.339 e. The summed E-state index contributed by atoms with van der Waals surface area (Å²) in [5.41, 5.74) is -0.153. The van der Waals surface area contributed by atoms with Gasteiger partial charge >= 0.3 is 5.97 Å². The molecule has 1 aliphatic heterocycles. The van der Waals surface area contributed by atoms with Crippen LogP contribution in [0.2, 0.25) is 0 Å². The molecule has 0 bridgehead atoms. The lowest BCUT2D eigenvalue weighted by Crippen LogP contribution is -2.44. The molecule has 23 heavy (non-hydrogen) atoms. The van der Waals surface area contributed by atoms with Gasteiger partial charge in [0.15, 0.2) is 0 Å². The zero-order valence-corrected chi connectivity index (χ0v) is 14.5. The number of nitrogens with zero attached hydrogens (tertiary/aromatic N) is 1. The standard InChI is InChI=1S/C14H19FN2O4S.ClH/c1-16-11-5-7-17(8-6-11)22(19,20)13-9-10(15)3-4-12(13)14(18)21-2;/h3-4,9,11,16H,5-8H2,1-2H3;1H. The van der Waals surface area contributed by atoms with Gasteiger partial charge in [0.05, 0.1) is 17.6 Å². The van der Waals surface area contributed by atoms with Crippen molar-refractivity contribution in [2.75, 3.05) is 27.2 Å². The van der Waals surface area contributed by atoms with E-state index in [2.05, 4.69) is 10.1 Å². The first-order valence-electron chi connectivity index (χ1n) is 6.95. The number of rotatable bonds is 4. The Morgan fingerprint density at radius 2 is 1.96 bits per heavy atom. The van der Waals surface area contributed by atoms with Crippen molar-refractivity contribution in [3.63, 3.8) is 0 Å². The number of nitrogens with one attached hydrogen (secondary N) is 1. The molecule has 2 rings (SSSR count). The highest BCUT2D eigenvalue weighted by Crippen LogP contribution is 2.25. The van der Waals surface area contributed by atoms with Gasteiger partial charge in [-0.15, -0.1) is 12.4 Å². The lowest BCUT2D eigenvalue weighted by atomic mass is 10.1. The molecular weight excluding hydrogens is 347 g/mol. The number of sulfonamides is 1. The number of halogens is 2. The van der Waals surface area contributed by atoms with Crippen LogP contribution in [0.25, 0.3) is 0 Å². The molecule has 0 amide bonds. The van der Waals surface area contributed by atoms with E-state index in [1.807, 2.05) is 7.05 Å². The Morgan fingerprint density at radius 1 is 1.35 bits per heavy atom. The number of hydrogen-bond donors (Lipinski definition) is 1. The number of ether oxygens (including phenoxy) is 1. The molecular formula is C14H20ClFN2O4S. The van der Waals surface area contributed by atoms with E-state index in [0.717, 1.165) is 25.3 Å². The van der Waals surface area contributed by atoms with Crippen molar-refractivity contribution >= 4 is 28.4 Å². The first-order valence-corrected chi connectivity index (χ1v) is 8.39. The summed E-state index contributed by atoms with van der Waals surface area (Å²) in [6, 6.07) is 3.30. The Kier molecular flexibility index (Phi) is 6.94. The van der Waals surface area contributed by atoms with Gasteiger partial charge in [-0.2, -0.15) is 4.31 Å². The van der Waals surface area contributed by atoms with Gasteiger partial charge in [0, 0.05) is 19.1 Å². The van der Waals surface area contributed by atoms with Crippen molar-refractivity contribution < 1.29 is 22.3 Å². The normalized spacial score (nSPS) is 16.7. The van der Waals surface area contributed by atoms with Crippen molar-refractivity contribution in [3.8, 4) is 0 Å². The van der Waals surface area contributed by atoms with Crippen LogP contribution < -0.4 is 5.32 Å². The van der Waals surface area contributed by atoms with Gasteiger partial charge in [-0.25, -0.2) is 17.6 Å². The van der Waals surface area contributed by atoms with Crippen LogP contribution in [0.15, 0.2) is 23.1 Å². The molecule has 1 aliphatic rings. The van der Waals surface area contributed by atoms with E-state index in [-0.39, 0.29) is 28.9 Å². The Balaban J connectivity index is 0.00000264. The van der Waals surface area contributed by atoms with Crippen LogP contribution in [0.3, 0.4) is 0 Å². The minimum Gasteiger partial charge on any atom is -0.465 e. The second-order valence-corrected chi connectivity index (χ2v) is 7.01. The lowest BCUT2D eigenvalue weighted by molar-refractivity contribution is 0.0596. The minimum atomic E-state index is -3.94. The summed E-state index contributed by atoms with van der Waals surface area (Å²) < 4.78 is 44.8. The minimum absolute atomic E-state index is 0. The number of esters is 1. The van der Waals surface area contributed by atoms with Crippen molar-refractivity contribution in [3.05, 3.63) is 29.6 Å². The predicted octanol–water partition coefficient (Wildman–Crippen LogP) is 1.41. The Morgan fingerprint density at radius 3 is 2.48 bits per heavy atom. The fraction of sp³-hybridized carbons (Fsp3) is 0.500. The van der Waals surface area contributed by atoms with Gasteiger partial charge in [-0.1, -0.05) is 0 Å². The molecule has 6 nitrogen and oxygen atoms in total. The highest BCUT2D eigenvalue weighted by Gasteiger charge is 2.32. The van der Waals surface area contributed by atoms with Crippen LogP contribution in [0.4, 0.5) is 4.39 Å². The summed E-state index contributed by atoms with van der Waals surface area (Å²) in [5.74, 6) is -1.51. The van der Waals surface area contributed by atoms with Gasteiger partial charge in [0.1, 0.15) is 5.82 Å². The molecule has 1 saturated heterocycles. The van der Waals surface area contributed by atoms with E-state index in [1.165, 1.54) is 4.31 Å². The van der Waals surface area contributed by atoms with E-state index in [1.54, 1.807) is 0 Å². The van der Waals surface area contributed by atoms with Crippen LogP contribution in [0, 0.1) is 5.82 Å². The summed E-state index contributed by atoms with van der Waals surface area (Å²) in [6.45, 7) is 0.649. The zero-order valence-electron chi connectivity index (χ0n) is 12.9. The van der Waals surface area contributed by atoms with Gasteiger partial charge in [0.25, 0.3) is 0 Å². The lowest BCUT2D eigenvalue weighted by Gasteiger charge is -2.31. The second-order valence-electron chi connectivity index (χ2n) is 5.10. The molecule has 1 aromatic carbocycles. The Bertz CT molecular complexity index is 661. The van der Waals surface area contributed by atoms with E-state index in [4.69, 9.17) is 0 Å². The largest absolute Gasteiger partial charge is 0.465 e. The quantitative estimate of drug-likeness (QED) is 0.815. The second kappa shape index (κ2) is 8.05. The molecule has 0 radical (unpaired) electrons. The monoisotopic (exact) mass is 366 g/mol. The molecule has 0 spiro atoms. The third kappa shape index (κ3) is 4.20. The van der Waals surface area contributed by atoms with Gasteiger partial charge in [-0.05, 0) is 38.1 Å². The maximum atomic E-state index is 13.5. The van der Waals surface area contributed by atoms with Gasteiger partial charge in [0.2, 0.25) is 10.0 Å². The average molecular weight is 367 g/mol. The molecule has 0 saturated carbocycles. The Hall–Kier alpha value is -1.22.